The molecule has 0 amide bonds. The van der Waals surface area contributed by atoms with Crippen LogP contribution in [0, 0.1) is 0 Å². The monoisotopic (exact) mass is 270 g/mol. The Morgan fingerprint density at radius 1 is 1.53 bits per heavy atom. The minimum absolute atomic E-state index is 0.144. The van der Waals surface area contributed by atoms with E-state index in [0.29, 0.717) is 0 Å². The molecule has 1 rings (SSSR count). The van der Waals surface area contributed by atoms with Crippen LogP contribution in [-0.2, 0) is 12.5 Å². The molecule has 0 spiro atoms. The van der Waals surface area contributed by atoms with Crippen molar-refractivity contribution in [3.8, 4) is 0 Å². The molecule has 0 bridgehead atoms. The average molecular weight is 270 g/mol. The summed E-state index contributed by atoms with van der Waals surface area (Å²) in [5.41, 5.74) is 2.46. The third kappa shape index (κ3) is 3.10. The van der Waals surface area contributed by atoms with Crippen molar-refractivity contribution >= 4 is 28.2 Å². The number of thiocarbonyl (C=S) groups is 1. The molecule has 0 saturated carbocycles. The zero-order valence-electron chi connectivity index (χ0n) is 11.4. The molecular formula is C13H22N2S2. The van der Waals surface area contributed by atoms with Gasteiger partial charge in [-0.15, -0.1) is 11.8 Å². The number of thioether (sulfide) groups is 1. The number of aromatic nitrogens is 2. The normalized spacial score (nSPS) is 14.6. The maximum absolute atomic E-state index is 5.43. The Morgan fingerprint density at radius 3 is 2.65 bits per heavy atom. The van der Waals surface area contributed by atoms with Crippen LogP contribution < -0.4 is 0 Å². The Hall–Kier alpha value is -0.350. The Labute approximate surface area is 114 Å². The van der Waals surface area contributed by atoms with Crippen LogP contribution in [0.1, 0.15) is 51.3 Å². The molecule has 4 heteroatoms. The van der Waals surface area contributed by atoms with E-state index in [4.69, 9.17) is 12.2 Å². The number of aryl methyl sites for hydroxylation is 1. The lowest BCUT2D eigenvalue weighted by atomic mass is 9.78. The van der Waals surface area contributed by atoms with Gasteiger partial charge >= 0.3 is 0 Å². The summed E-state index contributed by atoms with van der Waals surface area (Å²) >= 11 is 7.06. The van der Waals surface area contributed by atoms with Crippen LogP contribution in [0.5, 0.6) is 0 Å². The maximum atomic E-state index is 5.43. The Kier molecular flexibility index (Phi) is 5.20. The van der Waals surface area contributed by atoms with Crippen molar-refractivity contribution in [3.05, 3.63) is 17.5 Å². The summed E-state index contributed by atoms with van der Waals surface area (Å²) in [6, 6.07) is 0. The van der Waals surface area contributed by atoms with Gasteiger partial charge in [-0.2, -0.15) is 5.10 Å². The fraction of sp³-hybridized carbons (Fsp3) is 0.692. The number of nitrogens with zero attached hydrogens (tertiary/aromatic N) is 2. The minimum Gasteiger partial charge on any atom is -0.275 e. The summed E-state index contributed by atoms with van der Waals surface area (Å²) in [5.74, 6) is 0. The summed E-state index contributed by atoms with van der Waals surface area (Å²) in [6.07, 6.45) is 7.51. The van der Waals surface area contributed by atoms with Crippen LogP contribution in [0.3, 0.4) is 0 Å². The summed E-state index contributed by atoms with van der Waals surface area (Å²) in [7, 11) is 1.97. The van der Waals surface area contributed by atoms with Crippen LogP contribution in [-0.4, -0.2) is 20.2 Å². The summed E-state index contributed by atoms with van der Waals surface area (Å²) < 4.78 is 2.83. The molecule has 1 heterocycles. The molecule has 1 aromatic rings. The predicted molar refractivity (Wildman–Crippen MR) is 81.0 cm³/mol. The van der Waals surface area contributed by atoms with Crippen molar-refractivity contribution in [3.63, 3.8) is 0 Å². The molecule has 0 saturated heterocycles. The molecule has 17 heavy (non-hydrogen) atoms. The second-order valence-electron chi connectivity index (χ2n) is 4.72. The zero-order chi connectivity index (χ0) is 13.1. The number of rotatable bonds is 5. The molecule has 0 N–H and O–H groups in total. The first-order valence-electron chi connectivity index (χ1n) is 6.11. The Morgan fingerprint density at radius 2 is 2.18 bits per heavy atom. The molecule has 0 aliphatic carbocycles. The molecule has 1 aromatic heterocycles. The van der Waals surface area contributed by atoms with Gasteiger partial charge in [-0.25, -0.2) is 0 Å². The van der Waals surface area contributed by atoms with E-state index in [1.54, 1.807) is 11.8 Å². The fourth-order valence-electron chi connectivity index (χ4n) is 2.21. The number of hydrogen-bond acceptors (Lipinski definition) is 3. The molecule has 2 nitrogen and oxygen atoms in total. The fourth-order valence-corrected chi connectivity index (χ4v) is 2.73. The van der Waals surface area contributed by atoms with Gasteiger partial charge in [0.05, 0.1) is 9.89 Å². The van der Waals surface area contributed by atoms with E-state index in [-0.39, 0.29) is 5.41 Å². The van der Waals surface area contributed by atoms with Gasteiger partial charge in [0.15, 0.2) is 0 Å². The van der Waals surface area contributed by atoms with Crippen molar-refractivity contribution in [2.24, 2.45) is 7.05 Å². The molecule has 0 aliphatic heterocycles. The highest BCUT2D eigenvalue weighted by Crippen LogP contribution is 2.34. The average Bonchev–Trinajstić information content (AvgIpc) is 2.71. The van der Waals surface area contributed by atoms with Crippen LogP contribution >= 0.6 is 24.0 Å². The van der Waals surface area contributed by atoms with E-state index >= 15 is 0 Å². The lowest BCUT2D eigenvalue weighted by Crippen LogP contribution is -2.23. The molecule has 0 radical (unpaired) electrons. The van der Waals surface area contributed by atoms with Crippen molar-refractivity contribution < 1.29 is 0 Å². The van der Waals surface area contributed by atoms with E-state index in [0.717, 1.165) is 22.6 Å². The van der Waals surface area contributed by atoms with Crippen molar-refractivity contribution in [1.82, 2.24) is 9.78 Å². The molecule has 0 aromatic carbocycles. The quantitative estimate of drug-likeness (QED) is 0.755. The molecule has 0 aliphatic rings. The van der Waals surface area contributed by atoms with Gasteiger partial charge < -0.3 is 0 Å². The third-order valence-corrected chi connectivity index (χ3v) is 4.70. The van der Waals surface area contributed by atoms with E-state index in [1.165, 1.54) is 12.1 Å². The third-order valence-electron chi connectivity index (χ3n) is 3.39. The maximum Gasteiger partial charge on any atom is 0.0810 e. The molecule has 1 unspecified atom stereocenters. The van der Waals surface area contributed by atoms with Gasteiger partial charge in [0, 0.05) is 24.2 Å². The van der Waals surface area contributed by atoms with Crippen LogP contribution in [0.25, 0.3) is 0 Å². The number of hydrogen-bond donors (Lipinski definition) is 0. The molecule has 96 valence electrons. The Balaban J connectivity index is 3.23. The zero-order valence-corrected chi connectivity index (χ0v) is 13.0. The highest BCUT2D eigenvalue weighted by molar-refractivity contribution is 8.23. The summed E-state index contributed by atoms with van der Waals surface area (Å²) in [5, 5.41) is 4.66. The van der Waals surface area contributed by atoms with E-state index < -0.39 is 0 Å². The standard InChI is InChI=1S/C13H22N2S2/c1-6-8-13(3,7-2)11-10(12(16)17-5)9-15(4)14-11/h9H,6-8H2,1-5H3. The Bertz CT molecular complexity index is 398. The van der Waals surface area contributed by atoms with Gasteiger partial charge in [0.1, 0.15) is 0 Å². The first kappa shape index (κ1) is 14.7. The second kappa shape index (κ2) is 6.01. The van der Waals surface area contributed by atoms with Gasteiger partial charge in [0.25, 0.3) is 0 Å². The van der Waals surface area contributed by atoms with Crippen molar-refractivity contribution in [2.45, 2.75) is 45.4 Å². The lowest BCUT2D eigenvalue weighted by molar-refractivity contribution is 0.398. The van der Waals surface area contributed by atoms with Crippen LogP contribution in [0.15, 0.2) is 6.20 Å². The van der Waals surface area contributed by atoms with Crippen LogP contribution in [0.2, 0.25) is 0 Å². The molecule has 0 fully saturated rings. The van der Waals surface area contributed by atoms with Crippen molar-refractivity contribution in [1.29, 1.82) is 0 Å². The van der Waals surface area contributed by atoms with E-state index in [2.05, 4.69) is 32.1 Å². The lowest BCUT2D eigenvalue weighted by Gasteiger charge is -2.27. The van der Waals surface area contributed by atoms with Gasteiger partial charge in [-0.3, -0.25) is 4.68 Å². The summed E-state index contributed by atoms with van der Waals surface area (Å²) in [6.45, 7) is 6.75. The highest BCUT2D eigenvalue weighted by atomic mass is 32.2. The first-order chi connectivity index (χ1) is 7.98. The molecule has 1 atom stereocenters. The smallest absolute Gasteiger partial charge is 0.0810 e. The SMILES string of the molecule is CCCC(C)(CC)c1nn(C)cc1C(=S)SC. The van der Waals surface area contributed by atoms with E-state index in [1.807, 2.05) is 18.0 Å². The van der Waals surface area contributed by atoms with Gasteiger partial charge in [0.2, 0.25) is 0 Å². The minimum atomic E-state index is 0.144. The van der Waals surface area contributed by atoms with Gasteiger partial charge in [-0.1, -0.05) is 39.4 Å². The summed E-state index contributed by atoms with van der Waals surface area (Å²) in [4.78, 5) is 0. The second-order valence-corrected chi connectivity index (χ2v) is 6.20. The topological polar surface area (TPSA) is 17.8 Å². The van der Waals surface area contributed by atoms with E-state index in [9.17, 15) is 0 Å². The van der Waals surface area contributed by atoms with Crippen molar-refractivity contribution in [2.75, 3.05) is 6.26 Å². The van der Waals surface area contributed by atoms with Crippen LogP contribution in [0.4, 0.5) is 0 Å². The highest BCUT2D eigenvalue weighted by Gasteiger charge is 2.30. The largest absolute Gasteiger partial charge is 0.275 e. The van der Waals surface area contributed by atoms with Gasteiger partial charge in [-0.05, 0) is 19.1 Å². The first-order valence-corrected chi connectivity index (χ1v) is 7.74. The predicted octanol–water partition coefficient (Wildman–Crippen LogP) is 3.93. The molecular weight excluding hydrogens is 248 g/mol.